The van der Waals surface area contributed by atoms with E-state index in [-0.39, 0.29) is 30.5 Å². The molecule has 0 spiro atoms. The molecule has 0 saturated carbocycles. The normalized spacial score (nSPS) is 17.5. The molecule has 1 aliphatic rings. The standard InChI is InChI=1S/C19H22N4O6S/c1-11-16(18(26)22-19(27)20-11)30(28,29)23-8-4-6-14(10-23)17(25)21-15-7-3-5-13(9-15)12(2)24/h3,5,7,9,14H,4,6,8,10H2,1-2H3,(H,21,25)(H2,20,22,26,27)/t14-/m0/s1. The second-order valence-corrected chi connectivity index (χ2v) is 9.07. The summed E-state index contributed by atoms with van der Waals surface area (Å²) < 4.78 is 27.1. The second-order valence-electron chi connectivity index (χ2n) is 7.19. The smallest absolute Gasteiger partial charge is 0.325 e. The van der Waals surface area contributed by atoms with Gasteiger partial charge in [0.2, 0.25) is 15.9 Å². The number of sulfonamides is 1. The number of nitrogens with zero attached hydrogens (tertiary/aromatic N) is 1. The van der Waals surface area contributed by atoms with Crippen molar-refractivity contribution in [2.24, 2.45) is 5.92 Å². The van der Waals surface area contributed by atoms with Crippen molar-refractivity contribution in [2.75, 3.05) is 18.4 Å². The van der Waals surface area contributed by atoms with E-state index in [1.54, 1.807) is 24.3 Å². The summed E-state index contributed by atoms with van der Waals surface area (Å²) in [6, 6.07) is 6.48. The number of H-pyrrole nitrogens is 2. The number of hydrogen-bond donors (Lipinski definition) is 3. The molecule has 0 unspecified atom stereocenters. The maximum absolute atomic E-state index is 13.0. The lowest BCUT2D eigenvalue weighted by Crippen LogP contribution is -2.45. The van der Waals surface area contributed by atoms with Crippen LogP contribution < -0.4 is 16.6 Å². The Bertz CT molecular complexity index is 1210. The van der Waals surface area contributed by atoms with Crippen molar-refractivity contribution in [1.82, 2.24) is 14.3 Å². The third-order valence-electron chi connectivity index (χ3n) is 4.96. The van der Waals surface area contributed by atoms with Crippen molar-refractivity contribution in [3.63, 3.8) is 0 Å². The average molecular weight is 434 g/mol. The molecule has 2 aromatic rings. The fourth-order valence-corrected chi connectivity index (χ4v) is 5.19. The molecule has 1 atom stereocenters. The van der Waals surface area contributed by atoms with Gasteiger partial charge in [0.15, 0.2) is 10.7 Å². The first-order valence-corrected chi connectivity index (χ1v) is 10.8. The lowest BCUT2D eigenvalue weighted by Gasteiger charge is -2.31. The average Bonchev–Trinajstić information content (AvgIpc) is 2.67. The molecule has 0 radical (unpaired) electrons. The Morgan fingerprint density at radius 2 is 1.93 bits per heavy atom. The van der Waals surface area contributed by atoms with Crippen molar-refractivity contribution in [2.45, 2.75) is 31.6 Å². The van der Waals surface area contributed by atoms with Gasteiger partial charge >= 0.3 is 5.69 Å². The van der Waals surface area contributed by atoms with E-state index in [1.807, 2.05) is 4.98 Å². The lowest BCUT2D eigenvalue weighted by atomic mass is 9.98. The van der Waals surface area contributed by atoms with E-state index in [1.165, 1.54) is 13.8 Å². The van der Waals surface area contributed by atoms with Crippen molar-refractivity contribution in [1.29, 1.82) is 0 Å². The quantitative estimate of drug-likeness (QED) is 0.587. The summed E-state index contributed by atoms with van der Waals surface area (Å²) in [6.07, 6.45) is 0.913. The molecule has 0 bridgehead atoms. The number of rotatable bonds is 5. The van der Waals surface area contributed by atoms with Crippen LogP contribution in [0.2, 0.25) is 0 Å². The molecule has 3 rings (SSSR count). The number of piperidine rings is 1. The van der Waals surface area contributed by atoms with E-state index in [2.05, 4.69) is 10.3 Å². The molecule has 1 aliphatic heterocycles. The molecule has 160 valence electrons. The maximum atomic E-state index is 13.0. The number of nitrogens with one attached hydrogen (secondary N) is 3. The zero-order chi connectivity index (χ0) is 22.1. The summed E-state index contributed by atoms with van der Waals surface area (Å²) in [4.78, 5) is 51.4. The van der Waals surface area contributed by atoms with Gasteiger partial charge in [-0.3, -0.25) is 19.4 Å². The van der Waals surface area contributed by atoms with E-state index in [0.717, 1.165) is 4.31 Å². The number of amides is 1. The Morgan fingerprint density at radius 3 is 2.60 bits per heavy atom. The minimum atomic E-state index is -4.20. The van der Waals surface area contributed by atoms with Gasteiger partial charge < -0.3 is 10.3 Å². The number of aryl methyl sites for hydroxylation is 1. The van der Waals surface area contributed by atoms with E-state index >= 15 is 0 Å². The lowest BCUT2D eigenvalue weighted by molar-refractivity contribution is -0.120. The zero-order valence-corrected chi connectivity index (χ0v) is 17.3. The Kier molecular flexibility index (Phi) is 6.04. The molecule has 1 saturated heterocycles. The van der Waals surface area contributed by atoms with Crippen LogP contribution in [-0.2, 0) is 14.8 Å². The minimum Gasteiger partial charge on any atom is -0.326 e. The molecule has 11 heteroatoms. The first-order chi connectivity index (χ1) is 14.1. The van der Waals surface area contributed by atoms with Crippen LogP contribution in [0.15, 0.2) is 38.8 Å². The van der Waals surface area contributed by atoms with Gasteiger partial charge in [-0.1, -0.05) is 12.1 Å². The summed E-state index contributed by atoms with van der Waals surface area (Å²) in [5.41, 5.74) is -0.950. The predicted molar refractivity (Wildman–Crippen MR) is 109 cm³/mol. The summed E-state index contributed by atoms with van der Waals surface area (Å²) in [6.45, 7) is 2.81. The van der Waals surface area contributed by atoms with Crippen molar-refractivity contribution >= 4 is 27.4 Å². The van der Waals surface area contributed by atoms with Crippen molar-refractivity contribution in [3.05, 3.63) is 56.4 Å². The molecule has 0 aliphatic carbocycles. The fourth-order valence-electron chi connectivity index (χ4n) is 3.46. The van der Waals surface area contributed by atoms with Crippen LogP contribution in [0.5, 0.6) is 0 Å². The van der Waals surface area contributed by atoms with Gasteiger partial charge in [-0.2, -0.15) is 4.31 Å². The number of carbonyl (C=O) groups excluding carboxylic acids is 2. The van der Waals surface area contributed by atoms with E-state index in [9.17, 15) is 27.6 Å². The summed E-state index contributed by atoms with van der Waals surface area (Å²) >= 11 is 0. The summed E-state index contributed by atoms with van der Waals surface area (Å²) in [5, 5.41) is 2.72. The number of anilines is 1. The predicted octanol–water partition coefficient (Wildman–Crippen LogP) is 0.614. The highest BCUT2D eigenvalue weighted by atomic mass is 32.2. The molecule has 30 heavy (non-hydrogen) atoms. The van der Waals surface area contributed by atoms with E-state index in [0.29, 0.717) is 24.1 Å². The van der Waals surface area contributed by atoms with Crippen molar-refractivity contribution < 1.29 is 18.0 Å². The second kappa shape index (κ2) is 8.36. The fraction of sp³-hybridized carbons (Fsp3) is 0.368. The topological polar surface area (TPSA) is 149 Å². The summed E-state index contributed by atoms with van der Waals surface area (Å²) in [5.74, 6) is -1.14. The summed E-state index contributed by atoms with van der Waals surface area (Å²) in [7, 11) is -4.20. The van der Waals surface area contributed by atoms with Crippen LogP contribution in [0.4, 0.5) is 5.69 Å². The van der Waals surface area contributed by atoms with Gasteiger partial charge in [0.1, 0.15) is 0 Å². The van der Waals surface area contributed by atoms with Crippen LogP contribution in [0.1, 0.15) is 35.8 Å². The molecule has 10 nitrogen and oxygen atoms in total. The Labute approximate surface area is 172 Å². The van der Waals surface area contributed by atoms with E-state index in [4.69, 9.17) is 0 Å². The van der Waals surface area contributed by atoms with Crippen LogP contribution in [-0.4, -0.2) is 47.5 Å². The first-order valence-electron chi connectivity index (χ1n) is 9.35. The van der Waals surface area contributed by atoms with Crippen LogP contribution >= 0.6 is 0 Å². The molecule has 1 aromatic heterocycles. The number of hydrogen-bond acceptors (Lipinski definition) is 6. The highest BCUT2D eigenvalue weighted by Crippen LogP contribution is 2.24. The van der Waals surface area contributed by atoms with Crippen LogP contribution in [0.25, 0.3) is 0 Å². The number of benzene rings is 1. The number of aromatic nitrogens is 2. The number of ketones is 1. The zero-order valence-electron chi connectivity index (χ0n) is 16.5. The number of carbonyl (C=O) groups is 2. The molecule has 3 N–H and O–H groups in total. The largest absolute Gasteiger partial charge is 0.326 e. The van der Waals surface area contributed by atoms with Crippen molar-refractivity contribution in [3.8, 4) is 0 Å². The number of aromatic amines is 2. The van der Waals surface area contributed by atoms with Crippen LogP contribution in [0.3, 0.4) is 0 Å². The molecular formula is C19H22N4O6S. The molecule has 2 heterocycles. The maximum Gasteiger partial charge on any atom is 0.325 e. The van der Waals surface area contributed by atoms with Gasteiger partial charge in [-0.25, -0.2) is 13.2 Å². The van der Waals surface area contributed by atoms with Gasteiger partial charge in [0.05, 0.1) is 5.92 Å². The van der Waals surface area contributed by atoms with Gasteiger partial charge in [0.25, 0.3) is 5.56 Å². The van der Waals surface area contributed by atoms with Gasteiger partial charge in [-0.05, 0) is 38.8 Å². The third-order valence-corrected chi connectivity index (χ3v) is 6.98. The minimum absolute atomic E-state index is 0.0589. The van der Waals surface area contributed by atoms with E-state index < -0.39 is 32.1 Å². The Hall–Kier alpha value is -3.05. The van der Waals surface area contributed by atoms with Crippen LogP contribution in [0, 0.1) is 12.8 Å². The third kappa shape index (κ3) is 4.41. The Balaban J connectivity index is 1.80. The van der Waals surface area contributed by atoms with Gasteiger partial charge in [-0.15, -0.1) is 0 Å². The van der Waals surface area contributed by atoms with Gasteiger partial charge in [0, 0.05) is 30.0 Å². The highest BCUT2D eigenvalue weighted by Gasteiger charge is 2.36. The Morgan fingerprint density at radius 1 is 1.20 bits per heavy atom. The molecular weight excluding hydrogens is 412 g/mol. The highest BCUT2D eigenvalue weighted by molar-refractivity contribution is 7.89. The SMILES string of the molecule is CC(=O)c1cccc(NC(=O)[C@H]2CCCN(S(=O)(=O)c3c(C)[nH]c(=O)[nH]c3=O)C2)c1. The monoisotopic (exact) mass is 434 g/mol. The number of Topliss-reactive ketones (excluding diaryl/α,β-unsaturated/α-hetero) is 1. The molecule has 1 amide bonds. The molecule has 1 aromatic carbocycles. The molecule has 1 fully saturated rings. The first kappa shape index (κ1) is 21.7.